The summed E-state index contributed by atoms with van der Waals surface area (Å²) in [4.78, 5) is 15.2. The van der Waals surface area contributed by atoms with Crippen molar-refractivity contribution in [3.8, 4) is 5.75 Å². The van der Waals surface area contributed by atoms with Gasteiger partial charge in [0.15, 0.2) is 0 Å². The van der Waals surface area contributed by atoms with E-state index in [4.69, 9.17) is 4.74 Å². The van der Waals surface area contributed by atoms with Gasteiger partial charge in [-0.2, -0.15) is 0 Å². The number of aliphatic hydroxyl groups is 1. The van der Waals surface area contributed by atoms with Crippen LogP contribution in [0.15, 0.2) is 48.5 Å². The number of piperazine rings is 1. The molecular weight excluding hydrogens is 361 g/mol. The number of hydrogen-bond donors (Lipinski definition) is 2. The number of rotatable bonds is 7. The van der Waals surface area contributed by atoms with Crippen molar-refractivity contribution in [3.05, 3.63) is 54.3 Å². The van der Waals surface area contributed by atoms with E-state index in [1.165, 1.54) is 13.0 Å². The minimum atomic E-state index is -0.616. The van der Waals surface area contributed by atoms with Crippen molar-refractivity contribution in [2.45, 2.75) is 13.0 Å². The lowest BCUT2D eigenvalue weighted by atomic mass is 10.2. The van der Waals surface area contributed by atoms with Crippen LogP contribution in [0.4, 0.5) is 15.8 Å². The maximum atomic E-state index is 13.9. The Hall–Kier alpha value is -2.64. The lowest BCUT2D eigenvalue weighted by Crippen LogP contribution is -2.49. The van der Waals surface area contributed by atoms with Crippen molar-refractivity contribution in [1.29, 1.82) is 0 Å². The molecule has 1 amide bonds. The van der Waals surface area contributed by atoms with Gasteiger partial charge >= 0.3 is 0 Å². The molecule has 3 rings (SSSR count). The Balaban J connectivity index is 1.40. The predicted molar refractivity (Wildman–Crippen MR) is 107 cm³/mol. The van der Waals surface area contributed by atoms with Crippen LogP contribution in [-0.2, 0) is 4.79 Å². The zero-order chi connectivity index (χ0) is 19.9. The Morgan fingerprint density at radius 3 is 2.46 bits per heavy atom. The van der Waals surface area contributed by atoms with Gasteiger partial charge in [0.2, 0.25) is 5.91 Å². The number of hydrogen-bond acceptors (Lipinski definition) is 5. The quantitative estimate of drug-likeness (QED) is 0.764. The molecule has 0 spiro atoms. The van der Waals surface area contributed by atoms with Crippen LogP contribution in [0.2, 0.25) is 0 Å². The number of para-hydroxylation sites is 1. The lowest BCUT2D eigenvalue weighted by molar-refractivity contribution is -0.114. The van der Waals surface area contributed by atoms with Gasteiger partial charge in [-0.25, -0.2) is 4.39 Å². The molecule has 1 atom stereocenters. The van der Waals surface area contributed by atoms with Gasteiger partial charge in [0.25, 0.3) is 0 Å². The Bertz CT molecular complexity index is 777. The molecule has 1 unspecified atom stereocenters. The average molecular weight is 387 g/mol. The second kappa shape index (κ2) is 9.52. The third-order valence-corrected chi connectivity index (χ3v) is 4.65. The first-order valence-electron chi connectivity index (χ1n) is 9.41. The highest BCUT2D eigenvalue weighted by molar-refractivity contribution is 5.88. The largest absolute Gasteiger partial charge is 0.491 e. The van der Waals surface area contributed by atoms with E-state index in [0.29, 0.717) is 23.7 Å². The number of nitrogens with one attached hydrogen (secondary N) is 1. The van der Waals surface area contributed by atoms with Gasteiger partial charge in [-0.1, -0.05) is 12.1 Å². The summed E-state index contributed by atoms with van der Waals surface area (Å²) in [6.45, 7) is 5.12. The number of aliphatic hydroxyl groups excluding tert-OH is 1. The van der Waals surface area contributed by atoms with Crippen LogP contribution in [0.5, 0.6) is 5.75 Å². The standard InChI is InChI=1S/C21H26FN3O3/c1-16(26)23-17-6-8-19(9-7-17)28-15-18(27)14-24-10-12-25(13-11-24)21-5-3-2-4-20(21)22/h2-9,18,27H,10-15H2,1H3,(H,23,26). The van der Waals surface area contributed by atoms with Gasteiger partial charge < -0.3 is 20.1 Å². The molecule has 0 aromatic heterocycles. The molecule has 1 aliphatic rings. The molecule has 2 aromatic rings. The molecule has 1 heterocycles. The summed E-state index contributed by atoms with van der Waals surface area (Å²) < 4.78 is 19.5. The summed E-state index contributed by atoms with van der Waals surface area (Å²) in [5.41, 5.74) is 1.34. The average Bonchev–Trinajstić information content (AvgIpc) is 2.68. The van der Waals surface area contributed by atoms with Gasteiger partial charge in [-0.3, -0.25) is 9.69 Å². The van der Waals surface area contributed by atoms with Crippen molar-refractivity contribution in [3.63, 3.8) is 0 Å². The van der Waals surface area contributed by atoms with Gasteiger partial charge in [-0.15, -0.1) is 0 Å². The van der Waals surface area contributed by atoms with Crippen molar-refractivity contribution < 1.29 is 19.0 Å². The molecule has 7 heteroatoms. The zero-order valence-electron chi connectivity index (χ0n) is 16.0. The maximum Gasteiger partial charge on any atom is 0.221 e. The van der Waals surface area contributed by atoms with Gasteiger partial charge in [0, 0.05) is 45.3 Å². The smallest absolute Gasteiger partial charge is 0.221 e. The summed E-state index contributed by atoms with van der Waals surface area (Å²) in [5, 5.41) is 13.0. The number of carbonyl (C=O) groups excluding carboxylic acids is 1. The highest BCUT2D eigenvalue weighted by Gasteiger charge is 2.21. The molecule has 1 saturated heterocycles. The summed E-state index contributed by atoms with van der Waals surface area (Å²) in [6, 6.07) is 13.8. The SMILES string of the molecule is CC(=O)Nc1ccc(OCC(O)CN2CCN(c3ccccc3F)CC2)cc1. The van der Waals surface area contributed by atoms with Crippen LogP contribution < -0.4 is 15.0 Å². The van der Waals surface area contributed by atoms with E-state index < -0.39 is 6.10 Å². The fourth-order valence-electron chi connectivity index (χ4n) is 3.26. The van der Waals surface area contributed by atoms with E-state index in [-0.39, 0.29) is 18.3 Å². The van der Waals surface area contributed by atoms with Crippen LogP contribution >= 0.6 is 0 Å². The second-order valence-electron chi connectivity index (χ2n) is 6.91. The van der Waals surface area contributed by atoms with Crippen molar-refractivity contribution >= 4 is 17.3 Å². The number of carbonyl (C=O) groups is 1. The van der Waals surface area contributed by atoms with Crippen molar-refractivity contribution in [2.24, 2.45) is 0 Å². The molecule has 0 radical (unpaired) electrons. The molecule has 28 heavy (non-hydrogen) atoms. The van der Waals surface area contributed by atoms with Gasteiger partial charge in [-0.05, 0) is 36.4 Å². The third kappa shape index (κ3) is 5.68. The number of ether oxygens (including phenoxy) is 1. The van der Waals surface area contributed by atoms with E-state index in [2.05, 4.69) is 10.2 Å². The van der Waals surface area contributed by atoms with E-state index in [1.807, 2.05) is 11.0 Å². The molecular formula is C21H26FN3O3. The summed E-state index contributed by atoms with van der Waals surface area (Å²) in [6.07, 6.45) is -0.616. The van der Waals surface area contributed by atoms with E-state index >= 15 is 0 Å². The molecule has 1 aliphatic heterocycles. The topological polar surface area (TPSA) is 65.0 Å². The monoisotopic (exact) mass is 387 g/mol. The summed E-state index contributed by atoms with van der Waals surface area (Å²) in [5.74, 6) is 0.311. The Morgan fingerprint density at radius 1 is 1.14 bits per heavy atom. The molecule has 0 bridgehead atoms. The zero-order valence-corrected chi connectivity index (χ0v) is 16.0. The number of nitrogens with zero attached hydrogens (tertiary/aromatic N) is 2. The second-order valence-corrected chi connectivity index (χ2v) is 6.91. The first kappa shape index (κ1) is 20.1. The highest BCUT2D eigenvalue weighted by atomic mass is 19.1. The summed E-state index contributed by atoms with van der Waals surface area (Å²) >= 11 is 0. The first-order chi connectivity index (χ1) is 13.5. The number of benzene rings is 2. The van der Waals surface area contributed by atoms with Crippen LogP contribution in [-0.4, -0.2) is 61.3 Å². The van der Waals surface area contributed by atoms with E-state index in [9.17, 15) is 14.3 Å². The van der Waals surface area contributed by atoms with Gasteiger partial charge in [0.05, 0.1) is 5.69 Å². The fraction of sp³-hybridized carbons (Fsp3) is 0.381. The highest BCUT2D eigenvalue weighted by Crippen LogP contribution is 2.20. The molecule has 2 aromatic carbocycles. The number of halogens is 1. The minimum Gasteiger partial charge on any atom is -0.491 e. The molecule has 0 aliphatic carbocycles. The van der Waals surface area contributed by atoms with Crippen molar-refractivity contribution in [2.75, 3.05) is 49.5 Å². The number of β-amino-alcohol motifs (C(OH)–C–C–N with tert-alkyl or cyclic N) is 1. The van der Waals surface area contributed by atoms with Crippen molar-refractivity contribution in [1.82, 2.24) is 4.90 Å². The van der Waals surface area contributed by atoms with Crippen LogP contribution in [0.3, 0.4) is 0 Å². The van der Waals surface area contributed by atoms with Crippen LogP contribution in [0.1, 0.15) is 6.92 Å². The molecule has 2 N–H and O–H groups in total. The lowest BCUT2D eigenvalue weighted by Gasteiger charge is -2.36. The Morgan fingerprint density at radius 2 is 1.82 bits per heavy atom. The first-order valence-corrected chi connectivity index (χ1v) is 9.41. The number of amides is 1. The van der Waals surface area contributed by atoms with Gasteiger partial charge in [0.1, 0.15) is 24.3 Å². The van der Waals surface area contributed by atoms with Crippen LogP contribution in [0.25, 0.3) is 0 Å². The molecule has 0 saturated carbocycles. The Labute approximate surface area is 164 Å². The van der Waals surface area contributed by atoms with Crippen LogP contribution in [0, 0.1) is 5.82 Å². The minimum absolute atomic E-state index is 0.126. The van der Waals surface area contributed by atoms with E-state index in [1.54, 1.807) is 36.4 Å². The third-order valence-electron chi connectivity index (χ3n) is 4.65. The molecule has 6 nitrogen and oxygen atoms in total. The fourth-order valence-corrected chi connectivity index (χ4v) is 3.26. The summed E-state index contributed by atoms with van der Waals surface area (Å²) in [7, 11) is 0. The van der Waals surface area contributed by atoms with E-state index in [0.717, 1.165) is 26.2 Å². The maximum absolute atomic E-state index is 13.9. The number of anilines is 2. The molecule has 150 valence electrons. The normalized spacial score (nSPS) is 15.9. The molecule has 1 fully saturated rings. The predicted octanol–water partition coefficient (Wildman–Crippen LogP) is 2.35. The Kier molecular flexibility index (Phi) is 6.84.